The number of primary sulfonamides is 1. The number of nitrogens with one attached hydrogen (secondary N) is 1. The lowest BCUT2D eigenvalue weighted by Crippen LogP contribution is -2.27. The molecule has 0 unspecified atom stereocenters. The van der Waals surface area contributed by atoms with Crippen LogP contribution in [0, 0.1) is 5.92 Å². The Morgan fingerprint density at radius 3 is 2.56 bits per heavy atom. The average Bonchev–Trinajstić information content (AvgIpc) is 2.24. The quantitative estimate of drug-likeness (QED) is 0.878. The highest BCUT2D eigenvalue weighted by Gasteiger charge is 2.15. The average molecular weight is 291 g/mol. The van der Waals surface area contributed by atoms with E-state index in [1.807, 2.05) is 13.8 Å². The van der Waals surface area contributed by atoms with Gasteiger partial charge in [-0.25, -0.2) is 13.6 Å². The number of nitrogens with two attached hydrogens (primary N) is 1. The predicted octanol–water partition coefficient (Wildman–Crippen LogP) is 1.37. The summed E-state index contributed by atoms with van der Waals surface area (Å²) in [7, 11) is -3.85. The van der Waals surface area contributed by atoms with Gasteiger partial charge in [0.25, 0.3) is 5.91 Å². The normalized spacial score (nSPS) is 11.6. The fraction of sp³-hybridized carbons (Fsp3) is 0.364. The number of carbonyl (C=O) groups is 1. The van der Waals surface area contributed by atoms with Gasteiger partial charge in [-0.05, 0) is 24.1 Å². The van der Waals surface area contributed by atoms with E-state index in [0.717, 1.165) is 0 Å². The third kappa shape index (κ3) is 3.97. The van der Waals surface area contributed by atoms with Gasteiger partial charge in [0.15, 0.2) is 0 Å². The molecule has 0 aromatic heterocycles. The lowest BCUT2D eigenvalue weighted by Gasteiger charge is -2.09. The second kappa shape index (κ2) is 5.69. The summed E-state index contributed by atoms with van der Waals surface area (Å²) in [6, 6.07) is 3.77. The van der Waals surface area contributed by atoms with Crippen molar-refractivity contribution in [3.05, 3.63) is 28.8 Å². The second-order valence-electron chi connectivity index (χ2n) is 4.29. The summed E-state index contributed by atoms with van der Waals surface area (Å²) in [6.07, 6.45) is 0. The van der Waals surface area contributed by atoms with Crippen molar-refractivity contribution in [1.29, 1.82) is 0 Å². The molecule has 0 aliphatic carbocycles. The summed E-state index contributed by atoms with van der Waals surface area (Å²) in [6.45, 7) is 4.38. The Morgan fingerprint density at radius 1 is 1.44 bits per heavy atom. The first-order valence-corrected chi connectivity index (χ1v) is 7.25. The molecule has 1 amide bonds. The highest BCUT2D eigenvalue weighted by molar-refractivity contribution is 7.89. The van der Waals surface area contributed by atoms with Crippen molar-refractivity contribution in [3.8, 4) is 0 Å². The Morgan fingerprint density at radius 2 is 2.06 bits per heavy atom. The Labute approximate surface area is 111 Å². The van der Waals surface area contributed by atoms with E-state index in [2.05, 4.69) is 5.32 Å². The summed E-state index contributed by atoms with van der Waals surface area (Å²) in [4.78, 5) is 11.7. The van der Waals surface area contributed by atoms with E-state index in [-0.39, 0.29) is 21.4 Å². The number of hydrogen-bond donors (Lipinski definition) is 2. The minimum absolute atomic E-state index is 0.101. The molecule has 1 aromatic rings. The van der Waals surface area contributed by atoms with Crippen molar-refractivity contribution < 1.29 is 13.2 Å². The SMILES string of the molecule is CC(C)CNC(=O)c1cc(S(N)(=O)=O)ccc1Cl. The number of carbonyl (C=O) groups excluding carboxylic acids is 1. The fourth-order valence-electron chi connectivity index (χ4n) is 1.25. The first kappa shape index (κ1) is 14.9. The standard InChI is InChI=1S/C11H15ClN2O3S/c1-7(2)6-14-11(15)9-5-8(18(13,16)17)3-4-10(9)12/h3-5,7H,6H2,1-2H3,(H,14,15)(H2,13,16,17). The van der Waals surface area contributed by atoms with Gasteiger partial charge < -0.3 is 5.32 Å². The molecule has 1 rings (SSSR count). The van der Waals surface area contributed by atoms with Crippen LogP contribution in [0.3, 0.4) is 0 Å². The summed E-state index contributed by atoms with van der Waals surface area (Å²) in [5, 5.41) is 7.84. The van der Waals surface area contributed by atoms with E-state index in [9.17, 15) is 13.2 Å². The smallest absolute Gasteiger partial charge is 0.252 e. The number of halogens is 1. The molecular weight excluding hydrogens is 276 g/mol. The van der Waals surface area contributed by atoms with Crippen LogP contribution >= 0.6 is 11.6 Å². The van der Waals surface area contributed by atoms with Crippen LogP contribution in [0.5, 0.6) is 0 Å². The lowest BCUT2D eigenvalue weighted by molar-refractivity contribution is 0.0949. The van der Waals surface area contributed by atoms with Crippen molar-refractivity contribution in [2.24, 2.45) is 11.1 Å². The molecule has 0 aliphatic heterocycles. The van der Waals surface area contributed by atoms with Gasteiger partial charge in [-0.3, -0.25) is 4.79 Å². The Balaban J connectivity index is 3.05. The Kier molecular flexibility index (Phi) is 4.72. The van der Waals surface area contributed by atoms with Gasteiger partial charge >= 0.3 is 0 Å². The molecule has 0 heterocycles. The molecule has 0 aliphatic rings. The maximum absolute atomic E-state index is 11.8. The zero-order chi connectivity index (χ0) is 13.9. The van der Waals surface area contributed by atoms with Crippen molar-refractivity contribution >= 4 is 27.5 Å². The molecule has 1 aromatic carbocycles. The maximum atomic E-state index is 11.8. The highest BCUT2D eigenvalue weighted by atomic mass is 35.5. The van der Waals surface area contributed by atoms with Gasteiger partial charge in [-0.1, -0.05) is 25.4 Å². The van der Waals surface area contributed by atoms with Gasteiger partial charge in [0.1, 0.15) is 0 Å². The third-order valence-electron chi connectivity index (χ3n) is 2.18. The second-order valence-corrected chi connectivity index (χ2v) is 6.26. The van der Waals surface area contributed by atoms with Crippen LogP contribution in [0.25, 0.3) is 0 Å². The maximum Gasteiger partial charge on any atom is 0.252 e. The molecule has 0 spiro atoms. The number of benzene rings is 1. The molecule has 0 saturated heterocycles. The first-order valence-electron chi connectivity index (χ1n) is 5.32. The molecule has 7 heteroatoms. The molecule has 0 bridgehead atoms. The van der Waals surface area contributed by atoms with Crippen LogP contribution in [0.2, 0.25) is 5.02 Å². The minimum Gasteiger partial charge on any atom is -0.352 e. The van der Waals surface area contributed by atoms with Gasteiger partial charge in [0.05, 0.1) is 15.5 Å². The first-order chi connectivity index (χ1) is 8.21. The van der Waals surface area contributed by atoms with Crippen LogP contribution in [0.4, 0.5) is 0 Å². The number of rotatable bonds is 4. The van der Waals surface area contributed by atoms with Crippen LogP contribution in [0.15, 0.2) is 23.1 Å². The topological polar surface area (TPSA) is 89.3 Å². The molecule has 100 valence electrons. The number of amides is 1. The number of sulfonamides is 1. The molecule has 5 nitrogen and oxygen atoms in total. The molecule has 0 fully saturated rings. The van der Waals surface area contributed by atoms with E-state index >= 15 is 0 Å². The van der Waals surface area contributed by atoms with E-state index in [4.69, 9.17) is 16.7 Å². The van der Waals surface area contributed by atoms with E-state index in [1.165, 1.54) is 18.2 Å². The van der Waals surface area contributed by atoms with Gasteiger partial charge in [0, 0.05) is 6.54 Å². The Bertz CT molecular complexity index is 555. The van der Waals surface area contributed by atoms with Crippen molar-refractivity contribution in [1.82, 2.24) is 5.32 Å². The summed E-state index contributed by atoms with van der Waals surface area (Å²) < 4.78 is 22.4. The van der Waals surface area contributed by atoms with Crippen molar-refractivity contribution in [2.75, 3.05) is 6.54 Å². The molecule has 0 saturated carbocycles. The molecule has 18 heavy (non-hydrogen) atoms. The van der Waals surface area contributed by atoms with Crippen LogP contribution < -0.4 is 10.5 Å². The monoisotopic (exact) mass is 290 g/mol. The van der Waals surface area contributed by atoms with Gasteiger partial charge in [-0.2, -0.15) is 0 Å². The zero-order valence-electron chi connectivity index (χ0n) is 10.1. The van der Waals surface area contributed by atoms with Crippen LogP contribution in [0.1, 0.15) is 24.2 Å². The minimum atomic E-state index is -3.85. The number of hydrogen-bond acceptors (Lipinski definition) is 3. The molecular formula is C11H15ClN2O3S. The van der Waals surface area contributed by atoms with E-state index in [1.54, 1.807) is 0 Å². The molecule has 3 N–H and O–H groups in total. The molecule has 0 atom stereocenters. The summed E-state index contributed by atoms with van der Waals surface area (Å²) in [5.74, 6) is -0.131. The predicted molar refractivity (Wildman–Crippen MR) is 70.0 cm³/mol. The van der Waals surface area contributed by atoms with Crippen LogP contribution in [-0.2, 0) is 10.0 Å². The van der Waals surface area contributed by atoms with Crippen molar-refractivity contribution in [3.63, 3.8) is 0 Å². The fourth-order valence-corrected chi connectivity index (χ4v) is 1.99. The zero-order valence-corrected chi connectivity index (χ0v) is 11.7. The van der Waals surface area contributed by atoms with E-state index < -0.39 is 15.9 Å². The largest absolute Gasteiger partial charge is 0.352 e. The van der Waals surface area contributed by atoms with Gasteiger partial charge in [0.2, 0.25) is 10.0 Å². The van der Waals surface area contributed by atoms with Gasteiger partial charge in [-0.15, -0.1) is 0 Å². The Hall–Kier alpha value is -1.11. The third-order valence-corrected chi connectivity index (χ3v) is 3.42. The lowest BCUT2D eigenvalue weighted by atomic mass is 10.2. The van der Waals surface area contributed by atoms with Crippen LogP contribution in [-0.4, -0.2) is 20.9 Å². The highest BCUT2D eigenvalue weighted by Crippen LogP contribution is 2.19. The van der Waals surface area contributed by atoms with Crippen molar-refractivity contribution in [2.45, 2.75) is 18.7 Å². The molecule has 0 radical (unpaired) electrons. The summed E-state index contributed by atoms with van der Waals surface area (Å²) >= 11 is 5.86. The summed E-state index contributed by atoms with van der Waals surface area (Å²) in [5.41, 5.74) is 0.101. The van der Waals surface area contributed by atoms with E-state index in [0.29, 0.717) is 6.54 Å².